The zero-order chi connectivity index (χ0) is 18.4. The van der Waals surface area contributed by atoms with Crippen molar-refractivity contribution in [1.82, 2.24) is 0 Å². The highest BCUT2D eigenvalue weighted by Gasteiger charge is 2.47. The number of carbonyl (C=O) groups is 1. The molecule has 0 bridgehead atoms. The maximum atomic E-state index is 12.0. The Kier molecular flexibility index (Phi) is 13.3. The topological polar surface area (TPSA) is 71.1 Å². The second-order valence-electron chi connectivity index (χ2n) is 5.27. The van der Waals surface area contributed by atoms with Crippen LogP contribution in [0.5, 0.6) is 0 Å². The Morgan fingerprint density at radius 1 is 1.08 bits per heavy atom. The Hall–Kier alpha value is -0.650. The molecule has 7 heteroatoms. The van der Waals surface area contributed by atoms with E-state index in [4.69, 9.17) is 18.9 Å². The molecule has 6 nitrogen and oxygen atoms in total. The predicted molar refractivity (Wildman–Crippen MR) is 93.2 cm³/mol. The highest BCUT2D eigenvalue weighted by atomic mass is 31.1. The summed E-state index contributed by atoms with van der Waals surface area (Å²) in [7, 11) is -0.451. The third-order valence-corrected chi connectivity index (χ3v) is 3.79. The molecule has 0 amide bonds. The third kappa shape index (κ3) is 7.49. The van der Waals surface area contributed by atoms with Crippen LogP contribution in [0.4, 0.5) is 0 Å². The molecule has 140 valence electrons. The van der Waals surface area contributed by atoms with Crippen molar-refractivity contribution in [3.8, 4) is 0 Å². The summed E-state index contributed by atoms with van der Waals surface area (Å²) in [4.78, 5) is 12.0. The molecule has 0 saturated carbocycles. The van der Waals surface area contributed by atoms with E-state index in [-0.39, 0.29) is 5.78 Å². The zero-order valence-corrected chi connectivity index (χ0v) is 16.2. The summed E-state index contributed by atoms with van der Waals surface area (Å²) in [5.41, 5.74) is -1.68. The van der Waals surface area contributed by atoms with Gasteiger partial charge in [0.15, 0.2) is 5.78 Å². The Balaban J connectivity index is 5.53. The van der Waals surface area contributed by atoms with Gasteiger partial charge in [0, 0.05) is 13.2 Å². The van der Waals surface area contributed by atoms with Gasteiger partial charge in [0.2, 0.25) is 14.8 Å². The smallest absolute Gasteiger partial charge is 0.304 e. The number of carbonyl (C=O) groups excluding carboxylic acids is 1. The summed E-state index contributed by atoms with van der Waals surface area (Å²) in [6.45, 7) is 12.2. The van der Waals surface area contributed by atoms with Gasteiger partial charge in [0.25, 0.3) is 0 Å². The minimum Gasteiger partial charge on any atom is -0.347 e. The molecular formula is C17H31O6P. The van der Waals surface area contributed by atoms with Crippen molar-refractivity contribution in [1.29, 1.82) is 0 Å². The van der Waals surface area contributed by atoms with E-state index in [1.54, 1.807) is 6.92 Å². The molecule has 0 aromatic carbocycles. The molecule has 0 N–H and O–H groups in total. The minimum absolute atomic E-state index is 0.296. The Labute approximate surface area is 147 Å². The zero-order valence-electron chi connectivity index (χ0n) is 15.3. The molecular weight excluding hydrogens is 331 g/mol. The van der Waals surface area contributed by atoms with Crippen molar-refractivity contribution in [2.24, 2.45) is 0 Å². The molecule has 0 aromatic rings. The Bertz CT molecular complexity index is 368. The minimum atomic E-state index is -1.68. The van der Waals surface area contributed by atoms with E-state index in [1.807, 2.05) is 20.8 Å². The number of ketones is 1. The second-order valence-corrected chi connectivity index (χ2v) is 6.07. The predicted octanol–water partition coefficient (Wildman–Crippen LogP) is 4.09. The number of rotatable bonds is 16. The van der Waals surface area contributed by atoms with Gasteiger partial charge >= 0.3 is 5.53 Å². The summed E-state index contributed by atoms with van der Waals surface area (Å²) in [6.07, 6.45) is 1.99. The van der Waals surface area contributed by atoms with Gasteiger partial charge in [-0.3, -0.25) is 9.36 Å². The van der Waals surface area contributed by atoms with Gasteiger partial charge in [-0.15, -0.1) is 0 Å². The van der Waals surface area contributed by atoms with Crippen LogP contribution in [0.3, 0.4) is 0 Å². The van der Waals surface area contributed by atoms with Crippen molar-refractivity contribution in [3.05, 3.63) is 12.7 Å². The molecule has 0 radical (unpaired) electrons. The fourth-order valence-electron chi connectivity index (χ4n) is 1.88. The number of ether oxygens (including phenoxy) is 4. The van der Waals surface area contributed by atoms with E-state index < -0.39 is 26.4 Å². The molecule has 2 unspecified atom stereocenters. The quantitative estimate of drug-likeness (QED) is 0.234. The lowest BCUT2D eigenvalue weighted by atomic mass is 10.2. The molecule has 0 rings (SSSR count). The van der Waals surface area contributed by atoms with Crippen LogP contribution in [0.2, 0.25) is 0 Å². The van der Waals surface area contributed by atoms with Gasteiger partial charge in [-0.05, 0) is 31.8 Å². The monoisotopic (exact) mass is 362 g/mol. The van der Waals surface area contributed by atoms with Gasteiger partial charge in [-0.25, -0.2) is 0 Å². The lowest BCUT2D eigenvalue weighted by molar-refractivity contribution is -0.317. The van der Waals surface area contributed by atoms with Gasteiger partial charge in [-0.1, -0.05) is 34.3 Å². The lowest BCUT2D eigenvalue weighted by Gasteiger charge is -2.36. The first-order chi connectivity index (χ1) is 11.5. The SMILES string of the molecule is C=CC(=O)C(CC)OC(OCCC)(P=O)C(OCCC)OCCC. The molecule has 0 heterocycles. The van der Waals surface area contributed by atoms with E-state index in [0.717, 1.165) is 12.8 Å². The van der Waals surface area contributed by atoms with E-state index in [9.17, 15) is 9.36 Å². The summed E-state index contributed by atoms with van der Waals surface area (Å²) in [5.74, 6) is -0.296. The van der Waals surface area contributed by atoms with Crippen LogP contribution in [0, 0.1) is 0 Å². The molecule has 24 heavy (non-hydrogen) atoms. The van der Waals surface area contributed by atoms with Crippen molar-refractivity contribution in [2.75, 3.05) is 19.8 Å². The summed E-state index contributed by atoms with van der Waals surface area (Å²) < 4.78 is 34.9. The first kappa shape index (κ1) is 23.4. The van der Waals surface area contributed by atoms with Crippen LogP contribution < -0.4 is 0 Å². The molecule has 0 spiro atoms. The third-order valence-electron chi connectivity index (χ3n) is 3.09. The molecule has 0 aromatic heterocycles. The molecule has 0 aliphatic rings. The van der Waals surface area contributed by atoms with Crippen molar-refractivity contribution in [2.45, 2.75) is 71.3 Å². The number of hydrogen-bond acceptors (Lipinski definition) is 6. The first-order valence-corrected chi connectivity index (χ1v) is 9.41. The van der Waals surface area contributed by atoms with Gasteiger partial charge < -0.3 is 18.9 Å². The second kappa shape index (κ2) is 13.6. The van der Waals surface area contributed by atoms with Gasteiger partial charge in [-0.2, -0.15) is 0 Å². The molecule has 2 atom stereocenters. The van der Waals surface area contributed by atoms with E-state index >= 15 is 0 Å². The van der Waals surface area contributed by atoms with Crippen molar-refractivity contribution >= 4 is 14.2 Å². The maximum absolute atomic E-state index is 12.0. The van der Waals surface area contributed by atoms with Crippen LogP contribution in [-0.2, 0) is 28.3 Å². The van der Waals surface area contributed by atoms with E-state index in [2.05, 4.69) is 6.58 Å². The molecule has 0 saturated heterocycles. The highest BCUT2D eigenvalue weighted by Crippen LogP contribution is 2.36. The van der Waals surface area contributed by atoms with Crippen molar-refractivity contribution < 1.29 is 28.3 Å². The standard InChI is InChI=1S/C17H31O6P/c1-6-11-20-16(21-12-7-2)17(24-19,22-13-8-3)23-15(10-5)14(18)9-4/h9,15-16H,4,6-8,10-13H2,1-3,5H3. The summed E-state index contributed by atoms with van der Waals surface area (Å²) in [5, 5.41) is 0. The summed E-state index contributed by atoms with van der Waals surface area (Å²) in [6, 6.07) is 0. The highest BCUT2D eigenvalue weighted by molar-refractivity contribution is 7.25. The van der Waals surface area contributed by atoms with Crippen LogP contribution in [0.25, 0.3) is 0 Å². The average molecular weight is 362 g/mol. The largest absolute Gasteiger partial charge is 0.347 e. The summed E-state index contributed by atoms with van der Waals surface area (Å²) >= 11 is 0. The lowest BCUT2D eigenvalue weighted by Crippen LogP contribution is -2.49. The molecule has 0 aliphatic heterocycles. The van der Waals surface area contributed by atoms with Crippen LogP contribution in [-0.4, -0.2) is 43.5 Å². The van der Waals surface area contributed by atoms with Crippen molar-refractivity contribution in [3.63, 3.8) is 0 Å². The van der Waals surface area contributed by atoms with Crippen LogP contribution in [0.1, 0.15) is 53.4 Å². The molecule has 0 aliphatic carbocycles. The number of hydrogen-bond donors (Lipinski definition) is 0. The van der Waals surface area contributed by atoms with E-state index in [0.29, 0.717) is 32.7 Å². The molecule has 0 fully saturated rings. The van der Waals surface area contributed by atoms with Crippen LogP contribution in [0.15, 0.2) is 12.7 Å². The first-order valence-electron chi connectivity index (χ1n) is 8.60. The average Bonchev–Trinajstić information content (AvgIpc) is 2.62. The normalized spacial score (nSPS) is 15.4. The van der Waals surface area contributed by atoms with Gasteiger partial charge in [0.05, 0.1) is 6.61 Å². The van der Waals surface area contributed by atoms with Crippen LogP contribution >= 0.6 is 8.46 Å². The fraction of sp³-hybridized carbons (Fsp3) is 0.824. The Morgan fingerprint density at radius 2 is 1.62 bits per heavy atom. The van der Waals surface area contributed by atoms with E-state index in [1.165, 1.54) is 6.08 Å². The van der Waals surface area contributed by atoms with Gasteiger partial charge in [0.1, 0.15) is 6.10 Å². The fourth-order valence-corrected chi connectivity index (χ4v) is 2.43. The maximum Gasteiger partial charge on any atom is 0.304 e. The Morgan fingerprint density at radius 3 is 2.00 bits per heavy atom.